The minimum absolute atomic E-state index is 0.266. The molecule has 0 aliphatic carbocycles. The fraction of sp³-hybridized carbons (Fsp3) is 0.500. The third-order valence-electron chi connectivity index (χ3n) is 2.60. The van der Waals surface area contributed by atoms with Crippen molar-refractivity contribution in [3.63, 3.8) is 0 Å². The maximum atomic E-state index is 13.7. The summed E-state index contributed by atoms with van der Waals surface area (Å²) in [5.74, 6) is 0.185. The lowest BCUT2D eigenvalue weighted by atomic mass is 10.1. The Kier molecular flexibility index (Phi) is 3.21. The highest BCUT2D eigenvalue weighted by Gasteiger charge is 2.26. The molecule has 1 aliphatic rings. The van der Waals surface area contributed by atoms with Gasteiger partial charge in [0.1, 0.15) is 0 Å². The fourth-order valence-electron chi connectivity index (χ4n) is 1.69. The Morgan fingerprint density at radius 2 is 2.40 bits per heavy atom. The van der Waals surface area contributed by atoms with E-state index >= 15 is 0 Å². The summed E-state index contributed by atoms with van der Waals surface area (Å²) in [6.07, 6.45) is 1.63. The molecular weight excluding hydrogens is 261 g/mol. The van der Waals surface area contributed by atoms with Crippen molar-refractivity contribution < 1.29 is 4.39 Å². The van der Waals surface area contributed by atoms with Crippen LogP contribution in [0, 0.1) is 5.82 Å². The van der Waals surface area contributed by atoms with Gasteiger partial charge in [0.25, 0.3) is 0 Å². The molecule has 3 nitrogen and oxygen atoms in total. The molecule has 82 valence electrons. The monoisotopic (exact) mass is 273 g/mol. The van der Waals surface area contributed by atoms with E-state index in [2.05, 4.69) is 26.2 Å². The second-order valence-corrected chi connectivity index (χ2v) is 4.47. The Balaban J connectivity index is 2.25. The van der Waals surface area contributed by atoms with Crippen LogP contribution in [0.4, 0.5) is 10.2 Å². The lowest BCUT2D eigenvalue weighted by Gasteiger charge is -2.38. The fourth-order valence-corrected chi connectivity index (χ4v) is 2.00. The van der Waals surface area contributed by atoms with E-state index in [4.69, 9.17) is 0 Å². The lowest BCUT2D eigenvalue weighted by Crippen LogP contribution is -2.57. The van der Waals surface area contributed by atoms with Gasteiger partial charge in [-0.2, -0.15) is 0 Å². The number of aromatic nitrogens is 1. The first kappa shape index (κ1) is 10.8. The molecule has 1 saturated heterocycles. The molecule has 0 saturated carbocycles. The van der Waals surface area contributed by atoms with Crippen molar-refractivity contribution >= 4 is 21.7 Å². The van der Waals surface area contributed by atoms with Crippen molar-refractivity contribution in [1.82, 2.24) is 10.3 Å². The first-order chi connectivity index (χ1) is 7.22. The Morgan fingerprint density at radius 3 is 2.87 bits per heavy atom. The van der Waals surface area contributed by atoms with Gasteiger partial charge < -0.3 is 10.2 Å². The van der Waals surface area contributed by atoms with Crippen molar-refractivity contribution in [2.45, 2.75) is 13.0 Å². The predicted molar refractivity (Wildman–Crippen MR) is 61.6 cm³/mol. The Bertz CT molecular complexity index is 355. The topological polar surface area (TPSA) is 28.2 Å². The summed E-state index contributed by atoms with van der Waals surface area (Å²) in [5, 5.41) is 3.18. The van der Waals surface area contributed by atoms with E-state index < -0.39 is 0 Å². The zero-order chi connectivity index (χ0) is 10.8. The van der Waals surface area contributed by atoms with E-state index in [0.29, 0.717) is 16.3 Å². The normalized spacial score (nSPS) is 16.2. The first-order valence-corrected chi connectivity index (χ1v) is 5.80. The summed E-state index contributed by atoms with van der Waals surface area (Å²) in [6, 6.07) is 1.83. The van der Waals surface area contributed by atoms with Crippen LogP contribution in [0.1, 0.15) is 6.92 Å². The Hall–Kier alpha value is -0.680. The van der Waals surface area contributed by atoms with Crippen LogP contribution in [0.5, 0.6) is 0 Å². The minimum Gasteiger partial charge on any atom is -0.349 e. The average molecular weight is 274 g/mol. The van der Waals surface area contributed by atoms with E-state index in [1.807, 2.05) is 11.8 Å². The predicted octanol–water partition coefficient (Wildman–Crippen LogP) is 1.78. The molecule has 0 amide bonds. The molecule has 2 heterocycles. The molecule has 1 N–H and O–H groups in total. The molecule has 0 atom stereocenters. The van der Waals surface area contributed by atoms with E-state index in [-0.39, 0.29) is 5.82 Å². The Labute approximate surface area is 96.8 Å². The van der Waals surface area contributed by atoms with Crippen molar-refractivity contribution in [1.29, 1.82) is 0 Å². The molecule has 1 aromatic heterocycles. The van der Waals surface area contributed by atoms with Gasteiger partial charge >= 0.3 is 0 Å². The molecule has 2 rings (SSSR count). The highest BCUT2D eigenvalue weighted by atomic mass is 79.9. The number of halogens is 2. The minimum atomic E-state index is -0.266. The molecule has 0 unspecified atom stereocenters. The second kappa shape index (κ2) is 4.45. The summed E-state index contributed by atoms with van der Waals surface area (Å²) in [5.41, 5.74) is 0. The summed E-state index contributed by atoms with van der Waals surface area (Å²) in [4.78, 5) is 6.13. The third kappa shape index (κ3) is 2.13. The van der Waals surface area contributed by atoms with Crippen LogP contribution in [0.15, 0.2) is 16.7 Å². The van der Waals surface area contributed by atoms with Gasteiger partial charge in [-0.25, -0.2) is 9.37 Å². The highest BCUT2D eigenvalue weighted by molar-refractivity contribution is 9.10. The summed E-state index contributed by atoms with van der Waals surface area (Å²) in [6.45, 7) is 4.61. The maximum absolute atomic E-state index is 13.7. The smallest absolute Gasteiger partial charge is 0.166 e. The van der Waals surface area contributed by atoms with Gasteiger partial charge in [0.2, 0.25) is 0 Å². The number of anilines is 1. The maximum Gasteiger partial charge on any atom is 0.166 e. The molecule has 0 spiro atoms. The van der Waals surface area contributed by atoms with Crippen molar-refractivity contribution in [3.05, 3.63) is 22.6 Å². The molecule has 0 radical (unpaired) electrons. The van der Waals surface area contributed by atoms with E-state index in [1.165, 1.54) is 6.07 Å². The second-order valence-electron chi connectivity index (χ2n) is 3.56. The highest BCUT2D eigenvalue weighted by Crippen LogP contribution is 2.22. The van der Waals surface area contributed by atoms with Gasteiger partial charge in [-0.1, -0.05) is 0 Å². The third-order valence-corrected chi connectivity index (χ3v) is 3.04. The zero-order valence-electron chi connectivity index (χ0n) is 8.50. The number of nitrogens with one attached hydrogen (secondary N) is 1. The van der Waals surface area contributed by atoms with Crippen LogP contribution in [-0.4, -0.2) is 30.7 Å². The number of likely N-dealkylation sites (N-methyl/N-ethyl adjacent to an activating group) is 1. The largest absolute Gasteiger partial charge is 0.349 e. The van der Waals surface area contributed by atoms with Crippen molar-refractivity contribution in [3.8, 4) is 0 Å². The average Bonchev–Trinajstić information content (AvgIpc) is 2.12. The number of rotatable bonds is 3. The van der Waals surface area contributed by atoms with Gasteiger partial charge in [-0.15, -0.1) is 0 Å². The SMILES string of the molecule is CCN(c1ncc(Br)cc1F)C1CNC1. The quantitative estimate of drug-likeness (QED) is 0.910. The molecule has 1 aliphatic heterocycles. The van der Waals surface area contributed by atoms with E-state index in [1.54, 1.807) is 6.20 Å². The first-order valence-electron chi connectivity index (χ1n) is 5.00. The molecule has 1 fully saturated rings. The number of hydrogen-bond acceptors (Lipinski definition) is 3. The molecule has 15 heavy (non-hydrogen) atoms. The molecule has 1 aromatic rings. The zero-order valence-corrected chi connectivity index (χ0v) is 10.1. The molecule has 0 aromatic carbocycles. The standard InChI is InChI=1S/C10H13BrFN3/c1-2-15(8-5-13-6-8)10-9(12)3-7(11)4-14-10/h3-4,8,13H,2,5-6H2,1H3. The van der Waals surface area contributed by atoms with Crippen LogP contribution in [-0.2, 0) is 0 Å². The molecule has 0 bridgehead atoms. The number of hydrogen-bond donors (Lipinski definition) is 1. The summed E-state index contributed by atoms with van der Waals surface area (Å²) in [7, 11) is 0. The van der Waals surface area contributed by atoms with Crippen LogP contribution < -0.4 is 10.2 Å². The van der Waals surface area contributed by atoms with Crippen LogP contribution in [0.2, 0.25) is 0 Å². The van der Waals surface area contributed by atoms with E-state index in [9.17, 15) is 4.39 Å². The van der Waals surface area contributed by atoms with Gasteiger partial charge in [0.05, 0.1) is 6.04 Å². The molecule has 5 heteroatoms. The summed E-state index contributed by atoms with van der Waals surface area (Å²) >= 11 is 3.20. The Morgan fingerprint density at radius 1 is 1.67 bits per heavy atom. The van der Waals surface area contributed by atoms with Gasteiger partial charge in [0, 0.05) is 30.3 Å². The van der Waals surface area contributed by atoms with Crippen LogP contribution in [0.3, 0.4) is 0 Å². The van der Waals surface area contributed by atoms with Crippen LogP contribution in [0.25, 0.3) is 0 Å². The number of nitrogens with zero attached hydrogens (tertiary/aromatic N) is 2. The van der Waals surface area contributed by atoms with Crippen molar-refractivity contribution in [2.75, 3.05) is 24.5 Å². The van der Waals surface area contributed by atoms with Crippen molar-refractivity contribution in [2.24, 2.45) is 0 Å². The van der Waals surface area contributed by atoms with Gasteiger partial charge in [0.15, 0.2) is 11.6 Å². The number of pyridine rings is 1. The lowest BCUT2D eigenvalue weighted by molar-refractivity contribution is 0.410. The van der Waals surface area contributed by atoms with E-state index in [0.717, 1.165) is 19.6 Å². The van der Waals surface area contributed by atoms with Gasteiger partial charge in [-0.3, -0.25) is 0 Å². The van der Waals surface area contributed by atoms with Gasteiger partial charge in [-0.05, 0) is 28.9 Å². The van der Waals surface area contributed by atoms with Crippen LogP contribution >= 0.6 is 15.9 Å². The molecular formula is C10H13BrFN3. The summed E-state index contributed by atoms with van der Waals surface area (Å²) < 4.78 is 14.3.